The molecular weight excluding hydrogens is 885 g/mol. The SMILES string of the molecule is C=C(OCC1CCC1)[C@H]1C[C@@H](c2nc3c(ccc4cc(-c5ccc6c(ccc7[nH]c([C@@H]8CC[C@H](C)N8C(=O)[C@@H](NC(=O)OC)C(C)C)nc76)c5)ccc43)[nH]2)N(C(=O)[C@H](NC(=O)OC)c2ccccc2)C1. The van der Waals surface area contributed by atoms with Crippen LogP contribution in [0.15, 0.2) is 103 Å². The van der Waals surface area contributed by atoms with Crippen molar-refractivity contribution in [2.75, 3.05) is 27.4 Å². The molecule has 2 saturated heterocycles. The zero-order valence-electron chi connectivity index (χ0n) is 40.3. The number of hydrogen-bond donors (Lipinski definition) is 4. The zero-order chi connectivity index (χ0) is 48.8. The third-order valence-electron chi connectivity index (χ3n) is 14.8. The van der Waals surface area contributed by atoms with Gasteiger partial charge in [-0.05, 0) is 103 Å². The van der Waals surface area contributed by atoms with Crippen LogP contribution in [-0.2, 0) is 23.8 Å². The Morgan fingerprint density at radius 2 is 1.34 bits per heavy atom. The van der Waals surface area contributed by atoms with Gasteiger partial charge in [0.05, 0.1) is 60.7 Å². The summed E-state index contributed by atoms with van der Waals surface area (Å²) in [5.41, 5.74) is 6.11. The second kappa shape index (κ2) is 19.2. The van der Waals surface area contributed by atoms with Gasteiger partial charge in [-0.1, -0.05) is 93.6 Å². The number of aromatic amines is 2. The van der Waals surface area contributed by atoms with E-state index < -0.39 is 30.3 Å². The Balaban J connectivity index is 0.929. The molecule has 10 rings (SSSR count). The van der Waals surface area contributed by atoms with Gasteiger partial charge in [0.1, 0.15) is 23.7 Å². The Kier molecular flexibility index (Phi) is 12.7. The van der Waals surface area contributed by atoms with E-state index in [2.05, 4.69) is 75.7 Å². The van der Waals surface area contributed by atoms with Gasteiger partial charge in [-0.25, -0.2) is 19.6 Å². The lowest BCUT2D eigenvalue weighted by Gasteiger charge is -2.32. The number of H-pyrrole nitrogens is 2. The largest absolute Gasteiger partial charge is 0.498 e. The van der Waals surface area contributed by atoms with E-state index in [0.717, 1.165) is 86.2 Å². The van der Waals surface area contributed by atoms with Crippen LogP contribution >= 0.6 is 0 Å². The molecule has 3 fully saturated rings. The Morgan fingerprint density at radius 3 is 1.91 bits per heavy atom. The van der Waals surface area contributed by atoms with Crippen LogP contribution in [0.1, 0.15) is 94.6 Å². The molecule has 70 heavy (non-hydrogen) atoms. The lowest BCUT2D eigenvalue weighted by atomic mass is 9.86. The molecule has 1 saturated carbocycles. The second-order valence-electron chi connectivity index (χ2n) is 19.6. The average molecular weight is 945 g/mol. The maximum atomic E-state index is 14.7. The highest BCUT2D eigenvalue weighted by molar-refractivity contribution is 6.07. The van der Waals surface area contributed by atoms with E-state index in [1.807, 2.05) is 68.1 Å². The third-order valence-corrected chi connectivity index (χ3v) is 14.8. The number of ether oxygens (including phenoxy) is 3. The molecule has 0 unspecified atom stereocenters. The van der Waals surface area contributed by atoms with Crippen molar-refractivity contribution in [3.63, 3.8) is 0 Å². The summed E-state index contributed by atoms with van der Waals surface area (Å²) in [7, 11) is 2.58. The average Bonchev–Trinajstić information content (AvgIpc) is 4.18. The van der Waals surface area contributed by atoms with Crippen LogP contribution in [0.2, 0.25) is 0 Å². The van der Waals surface area contributed by atoms with E-state index in [4.69, 9.17) is 24.2 Å². The Bertz CT molecular complexity index is 3140. The lowest BCUT2D eigenvalue weighted by Crippen LogP contribution is -2.52. The van der Waals surface area contributed by atoms with Crippen molar-refractivity contribution in [3.8, 4) is 11.1 Å². The van der Waals surface area contributed by atoms with Gasteiger partial charge in [0, 0.05) is 29.3 Å². The number of hydrogen-bond acceptors (Lipinski definition) is 9. The van der Waals surface area contributed by atoms with E-state index in [1.165, 1.54) is 20.6 Å². The molecule has 2 aromatic heterocycles. The number of alkyl carbamates (subject to hydrolysis) is 2. The number of rotatable bonds is 13. The number of benzene rings is 5. The molecule has 15 heteroatoms. The zero-order valence-corrected chi connectivity index (χ0v) is 40.3. The topological polar surface area (TPSA) is 184 Å². The molecule has 6 atom stereocenters. The van der Waals surface area contributed by atoms with Crippen molar-refractivity contribution in [2.45, 2.75) is 89.5 Å². The van der Waals surface area contributed by atoms with Crippen LogP contribution in [0.3, 0.4) is 0 Å². The number of aromatic nitrogens is 4. The highest BCUT2D eigenvalue weighted by Crippen LogP contribution is 2.42. The minimum atomic E-state index is -0.980. The normalized spacial score (nSPS) is 20.2. The summed E-state index contributed by atoms with van der Waals surface area (Å²) in [5.74, 6) is 1.88. The lowest BCUT2D eigenvalue weighted by molar-refractivity contribution is -0.137. The van der Waals surface area contributed by atoms with Crippen LogP contribution in [0, 0.1) is 17.8 Å². The van der Waals surface area contributed by atoms with Crippen molar-refractivity contribution in [2.24, 2.45) is 17.8 Å². The van der Waals surface area contributed by atoms with Gasteiger partial charge < -0.3 is 44.6 Å². The van der Waals surface area contributed by atoms with Crippen LogP contribution in [0.4, 0.5) is 9.59 Å². The molecule has 362 valence electrons. The van der Waals surface area contributed by atoms with Gasteiger partial charge >= 0.3 is 12.2 Å². The minimum Gasteiger partial charge on any atom is -0.498 e. The number of likely N-dealkylation sites (tertiary alicyclic amines) is 2. The van der Waals surface area contributed by atoms with Gasteiger partial charge in [-0.2, -0.15) is 0 Å². The first kappa shape index (κ1) is 46.3. The van der Waals surface area contributed by atoms with Crippen LogP contribution in [0.5, 0.6) is 0 Å². The van der Waals surface area contributed by atoms with E-state index in [-0.39, 0.29) is 35.7 Å². The van der Waals surface area contributed by atoms with Gasteiger partial charge in [0.2, 0.25) is 5.91 Å². The molecular formula is C55H60N8O7. The summed E-state index contributed by atoms with van der Waals surface area (Å²) >= 11 is 0. The maximum Gasteiger partial charge on any atom is 0.407 e. The fraction of sp³-hybridized carbons (Fsp3) is 0.382. The minimum absolute atomic E-state index is 0.0245. The van der Waals surface area contributed by atoms with Crippen LogP contribution < -0.4 is 10.6 Å². The van der Waals surface area contributed by atoms with Gasteiger partial charge in [0.25, 0.3) is 5.91 Å². The molecule has 3 aliphatic rings. The van der Waals surface area contributed by atoms with Crippen molar-refractivity contribution < 1.29 is 33.4 Å². The predicted octanol–water partition coefficient (Wildman–Crippen LogP) is 10.2. The Morgan fingerprint density at radius 1 is 0.743 bits per heavy atom. The standard InChI is InChI=1S/C55H60N8O7/c1-30(2)46(60-54(66)68-5)53(65)63-31(3)15-24-44(63)50-56-42-22-18-37-25-35(16-20-40(37)48(42)58-50)36-17-21-41-38(26-36)19-23-43-49(41)59-51(57-43)45-27-39(32(4)70-29-33-11-10-12-33)28-62(45)52(64)47(61-55(67)69-6)34-13-8-7-9-14-34/h7-9,13-14,16-23,25-26,30-31,33,39,44-47H,4,10-12,15,24,27-29H2,1-3,5-6H3,(H,56,58)(H,57,59)(H,60,66)(H,61,67)/t31-,39-,44-,45-,46-,47+/m0/s1. The van der Waals surface area contributed by atoms with Gasteiger partial charge in [-0.3, -0.25) is 9.59 Å². The Labute approximate surface area is 406 Å². The molecule has 4 N–H and O–H groups in total. The number of methoxy groups -OCH3 is 2. The Hall–Kier alpha value is -7.42. The first-order chi connectivity index (χ1) is 33.9. The molecule has 0 spiro atoms. The number of fused-ring (bicyclic) bond motifs is 6. The van der Waals surface area contributed by atoms with Crippen molar-refractivity contribution in [3.05, 3.63) is 121 Å². The van der Waals surface area contributed by atoms with Crippen LogP contribution in [0.25, 0.3) is 54.7 Å². The molecule has 4 heterocycles. The van der Waals surface area contributed by atoms with Gasteiger partial charge in [0.15, 0.2) is 0 Å². The van der Waals surface area contributed by atoms with E-state index in [9.17, 15) is 19.2 Å². The molecule has 4 amide bonds. The number of carbonyl (C=O) groups excluding carboxylic acids is 4. The number of carbonyl (C=O) groups is 4. The first-order valence-corrected chi connectivity index (χ1v) is 24.4. The summed E-state index contributed by atoms with van der Waals surface area (Å²) in [6.07, 6.45) is 4.32. The summed E-state index contributed by atoms with van der Waals surface area (Å²) < 4.78 is 16.0. The fourth-order valence-electron chi connectivity index (χ4n) is 10.7. The third kappa shape index (κ3) is 8.77. The van der Waals surface area contributed by atoms with E-state index in [0.29, 0.717) is 42.6 Å². The molecule has 0 bridgehead atoms. The monoisotopic (exact) mass is 944 g/mol. The van der Waals surface area contributed by atoms with E-state index >= 15 is 0 Å². The molecule has 0 radical (unpaired) electrons. The summed E-state index contributed by atoms with van der Waals surface area (Å²) in [6.45, 7) is 11.2. The molecule has 15 nitrogen and oxygen atoms in total. The number of imidazole rings is 2. The van der Waals surface area contributed by atoms with Crippen molar-refractivity contribution in [1.29, 1.82) is 0 Å². The van der Waals surface area contributed by atoms with E-state index in [1.54, 1.807) is 4.90 Å². The number of nitrogens with zero attached hydrogens (tertiary/aromatic N) is 4. The summed E-state index contributed by atoms with van der Waals surface area (Å²) in [4.78, 5) is 74.7. The maximum absolute atomic E-state index is 14.7. The molecule has 5 aromatic carbocycles. The fourth-order valence-corrected chi connectivity index (χ4v) is 10.7. The van der Waals surface area contributed by atoms with Crippen molar-refractivity contribution in [1.82, 2.24) is 40.4 Å². The van der Waals surface area contributed by atoms with Gasteiger partial charge in [-0.15, -0.1) is 0 Å². The highest BCUT2D eigenvalue weighted by atomic mass is 16.5. The van der Waals surface area contributed by atoms with Crippen LogP contribution in [-0.4, -0.2) is 93.2 Å². The number of amides is 4. The summed E-state index contributed by atoms with van der Waals surface area (Å²) in [6, 6.07) is 27.8. The molecule has 2 aliphatic heterocycles. The summed E-state index contributed by atoms with van der Waals surface area (Å²) in [5, 5.41) is 9.55. The quantitative estimate of drug-likeness (QED) is 0.0817. The highest BCUT2D eigenvalue weighted by Gasteiger charge is 2.44. The predicted molar refractivity (Wildman–Crippen MR) is 268 cm³/mol. The number of nitrogens with one attached hydrogen (secondary N) is 4. The first-order valence-electron chi connectivity index (χ1n) is 24.4. The smallest absolute Gasteiger partial charge is 0.407 e. The second-order valence-corrected chi connectivity index (χ2v) is 19.6. The van der Waals surface area contributed by atoms with Crippen molar-refractivity contribution >= 4 is 67.6 Å². The molecule has 1 aliphatic carbocycles. The molecule has 7 aromatic rings.